The Morgan fingerprint density at radius 2 is 1.81 bits per heavy atom. The highest BCUT2D eigenvalue weighted by Crippen LogP contribution is 2.29. The minimum absolute atomic E-state index is 0.166. The quantitative estimate of drug-likeness (QED) is 0.449. The molecule has 31 heavy (non-hydrogen) atoms. The van der Waals surface area contributed by atoms with Gasteiger partial charge in [0.25, 0.3) is 0 Å². The number of benzene rings is 1. The molecule has 0 N–H and O–H groups in total. The first kappa shape index (κ1) is 18.9. The predicted octanol–water partition coefficient (Wildman–Crippen LogP) is 3.44. The molecule has 0 aliphatic carbocycles. The predicted molar refractivity (Wildman–Crippen MR) is 119 cm³/mol. The Morgan fingerprint density at radius 3 is 2.55 bits per heavy atom. The van der Waals surface area contributed by atoms with Gasteiger partial charge in [-0.1, -0.05) is 12.1 Å². The largest absolute Gasteiger partial charge is 0.464 e. The van der Waals surface area contributed by atoms with Gasteiger partial charge in [-0.25, -0.2) is 24.3 Å². The summed E-state index contributed by atoms with van der Waals surface area (Å²) in [5, 5.41) is 0.853. The first-order valence-electron chi connectivity index (χ1n) is 9.96. The Bertz CT molecular complexity index is 1480. The summed E-state index contributed by atoms with van der Waals surface area (Å²) in [7, 11) is 1.75. The molecule has 0 radical (unpaired) electrons. The van der Waals surface area contributed by atoms with Crippen LogP contribution in [0.2, 0.25) is 0 Å². The summed E-state index contributed by atoms with van der Waals surface area (Å²) < 4.78 is 8.60. The van der Waals surface area contributed by atoms with E-state index in [2.05, 4.69) is 19.9 Å². The van der Waals surface area contributed by atoms with Crippen molar-refractivity contribution < 1.29 is 4.74 Å². The first-order valence-corrected chi connectivity index (χ1v) is 9.96. The average Bonchev–Trinajstić information content (AvgIpc) is 3.05. The van der Waals surface area contributed by atoms with E-state index in [4.69, 9.17) is 4.74 Å². The van der Waals surface area contributed by atoms with Crippen molar-refractivity contribution in [1.29, 1.82) is 0 Å². The summed E-state index contributed by atoms with van der Waals surface area (Å²) >= 11 is 0. The van der Waals surface area contributed by atoms with Crippen molar-refractivity contribution in [2.75, 3.05) is 6.61 Å². The molecule has 4 heterocycles. The van der Waals surface area contributed by atoms with E-state index in [1.54, 1.807) is 41.0 Å². The molecule has 0 saturated carbocycles. The second-order valence-corrected chi connectivity index (χ2v) is 7.23. The van der Waals surface area contributed by atoms with Crippen molar-refractivity contribution in [2.24, 2.45) is 7.05 Å². The van der Waals surface area contributed by atoms with Crippen molar-refractivity contribution in [3.63, 3.8) is 0 Å². The van der Waals surface area contributed by atoms with E-state index >= 15 is 0 Å². The van der Waals surface area contributed by atoms with Crippen LogP contribution in [0.25, 0.3) is 38.9 Å². The SMILES string of the molecule is CCOc1ncc(-c2ccc3ncc4c(c3c2)n(-c2ncccc2C)c(=O)n4C)cn1. The lowest BCUT2D eigenvalue weighted by Gasteiger charge is -2.09. The van der Waals surface area contributed by atoms with Crippen LogP contribution in [0.3, 0.4) is 0 Å². The number of aromatic nitrogens is 6. The Balaban J connectivity index is 1.79. The Kier molecular flexibility index (Phi) is 4.47. The number of imidazole rings is 1. The highest BCUT2D eigenvalue weighted by Gasteiger charge is 2.18. The van der Waals surface area contributed by atoms with Gasteiger partial charge in [0.1, 0.15) is 5.82 Å². The molecule has 1 aromatic carbocycles. The van der Waals surface area contributed by atoms with Gasteiger partial charge in [0.2, 0.25) is 0 Å². The Labute approximate surface area is 177 Å². The number of rotatable bonds is 4. The molecule has 8 nitrogen and oxygen atoms in total. The summed E-state index contributed by atoms with van der Waals surface area (Å²) in [6, 6.07) is 10.1. The third-order valence-corrected chi connectivity index (χ3v) is 5.31. The zero-order chi connectivity index (χ0) is 21.5. The molecule has 0 atom stereocenters. The molecule has 0 aliphatic heterocycles. The van der Waals surface area contributed by atoms with Crippen LogP contribution >= 0.6 is 0 Å². The van der Waals surface area contributed by atoms with E-state index in [0.717, 1.165) is 38.6 Å². The van der Waals surface area contributed by atoms with Gasteiger partial charge in [-0.15, -0.1) is 0 Å². The maximum atomic E-state index is 13.2. The summed E-state index contributed by atoms with van der Waals surface area (Å²) in [5.74, 6) is 0.611. The Morgan fingerprint density at radius 1 is 1.00 bits per heavy atom. The van der Waals surface area contributed by atoms with Crippen LogP contribution in [0, 0.1) is 6.92 Å². The van der Waals surface area contributed by atoms with E-state index in [9.17, 15) is 4.79 Å². The highest BCUT2D eigenvalue weighted by atomic mass is 16.5. The third-order valence-electron chi connectivity index (χ3n) is 5.31. The molecule has 8 heteroatoms. The molecule has 5 rings (SSSR count). The molecule has 4 aromatic heterocycles. The van der Waals surface area contributed by atoms with Gasteiger partial charge in [-0.3, -0.25) is 9.55 Å². The molecule has 0 saturated heterocycles. The van der Waals surface area contributed by atoms with Crippen LogP contribution in [0.15, 0.2) is 59.9 Å². The van der Waals surface area contributed by atoms with Crippen molar-refractivity contribution in [3.05, 3.63) is 71.2 Å². The van der Waals surface area contributed by atoms with E-state index in [0.29, 0.717) is 18.4 Å². The van der Waals surface area contributed by atoms with Crippen molar-refractivity contribution >= 4 is 21.9 Å². The fourth-order valence-electron chi connectivity index (χ4n) is 3.75. The molecule has 0 spiro atoms. The molecule has 0 aliphatic rings. The van der Waals surface area contributed by atoms with Gasteiger partial charge in [-0.05, 0) is 43.2 Å². The molecule has 5 aromatic rings. The lowest BCUT2D eigenvalue weighted by atomic mass is 10.1. The van der Waals surface area contributed by atoms with E-state index in [-0.39, 0.29) is 5.69 Å². The standard InChI is InChI=1S/C23H20N6O2/c1-4-31-22-26-11-16(12-27-22)15-7-8-18-17(10-15)20-19(13-25-18)28(3)23(30)29(20)21-14(2)6-5-9-24-21/h5-13H,4H2,1-3H3. The molecule has 0 amide bonds. The van der Waals surface area contributed by atoms with Gasteiger partial charge in [0.15, 0.2) is 0 Å². The lowest BCUT2D eigenvalue weighted by Crippen LogP contribution is -2.22. The zero-order valence-corrected chi connectivity index (χ0v) is 17.4. The third kappa shape index (κ3) is 3.04. The summed E-state index contributed by atoms with van der Waals surface area (Å²) in [4.78, 5) is 30.7. The van der Waals surface area contributed by atoms with E-state index in [1.807, 2.05) is 44.2 Å². The second kappa shape index (κ2) is 7.32. The minimum Gasteiger partial charge on any atom is -0.464 e. The number of aryl methyl sites for hydroxylation is 2. The summed E-state index contributed by atoms with van der Waals surface area (Å²) in [6.45, 7) is 4.35. The molecular weight excluding hydrogens is 392 g/mol. The van der Waals surface area contributed by atoms with Crippen LogP contribution in [0.1, 0.15) is 12.5 Å². The van der Waals surface area contributed by atoms with Crippen molar-refractivity contribution in [3.8, 4) is 23.0 Å². The van der Waals surface area contributed by atoms with Gasteiger partial charge < -0.3 is 4.74 Å². The van der Waals surface area contributed by atoms with Crippen molar-refractivity contribution in [2.45, 2.75) is 13.8 Å². The fraction of sp³-hybridized carbons (Fsp3) is 0.174. The average molecular weight is 412 g/mol. The number of ether oxygens (including phenoxy) is 1. The Hall–Kier alpha value is -4.07. The number of pyridine rings is 2. The minimum atomic E-state index is -0.166. The van der Waals surface area contributed by atoms with Gasteiger partial charge >= 0.3 is 11.7 Å². The second-order valence-electron chi connectivity index (χ2n) is 7.23. The molecule has 154 valence electrons. The van der Waals surface area contributed by atoms with Gasteiger partial charge in [0, 0.05) is 36.6 Å². The smallest absolute Gasteiger partial charge is 0.334 e. The van der Waals surface area contributed by atoms with Crippen LogP contribution < -0.4 is 10.4 Å². The van der Waals surface area contributed by atoms with Crippen molar-refractivity contribution in [1.82, 2.24) is 29.1 Å². The van der Waals surface area contributed by atoms with Gasteiger partial charge in [-0.2, -0.15) is 0 Å². The summed E-state index contributed by atoms with van der Waals surface area (Å²) in [5.41, 5.74) is 4.82. The molecule has 0 bridgehead atoms. The number of fused-ring (bicyclic) bond motifs is 3. The van der Waals surface area contributed by atoms with Gasteiger partial charge in [0.05, 0.1) is 29.4 Å². The number of hydrogen-bond acceptors (Lipinski definition) is 6. The maximum Gasteiger partial charge on any atom is 0.334 e. The normalized spacial score (nSPS) is 11.3. The van der Waals surface area contributed by atoms with Crippen LogP contribution in [-0.4, -0.2) is 35.7 Å². The number of hydrogen-bond donors (Lipinski definition) is 0. The molecular formula is C23H20N6O2. The molecule has 0 unspecified atom stereocenters. The number of nitrogens with zero attached hydrogens (tertiary/aromatic N) is 6. The first-order chi connectivity index (χ1) is 15.1. The monoisotopic (exact) mass is 412 g/mol. The fourth-order valence-corrected chi connectivity index (χ4v) is 3.75. The molecule has 0 fully saturated rings. The van der Waals surface area contributed by atoms with Crippen LogP contribution in [-0.2, 0) is 7.05 Å². The van der Waals surface area contributed by atoms with Crippen LogP contribution in [0.5, 0.6) is 6.01 Å². The highest BCUT2D eigenvalue weighted by molar-refractivity contribution is 6.04. The lowest BCUT2D eigenvalue weighted by molar-refractivity contribution is 0.312. The summed E-state index contributed by atoms with van der Waals surface area (Å²) in [6.07, 6.45) is 6.88. The zero-order valence-electron chi connectivity index (χ0n) is 17.4. The van der Waals surface area contributed by atoms with Crippen LogP contribution in [0.4, 0.5) is 0 Å². The van der Waals surface area contributed by atoms with E-state index in [1.165, 1.54) is 0 Å². The maximum absolute atomic E-state index is 13.2. The topological polar surface area (TPSA) is 87.7 Å². The van der Waals surface area contributed by atoms with E-state index < -0.39 is 0 Å².